The number of hydrogen-bond donors (Lipinski definition) is 1. The zero-order valence-electron chi connectivity index (χ0n) is 10.2. The molecule has 0 saturated carbocycles. The number of nitrogens with one attached hydrogen (secondary N) is 1. The SMILES string of the molecule is O=C1CN(CCOc2ccc(Br)cc2)CCCN1. The number of ether oxygens (including phenoxy) is 1. The Hall–Kier alpha value is -1.07. The van der Waals surface area contributed by atoms with Gasteiger partial charge in [-0.05, 0) is 30.7 Å². The Kier molecular flexibility index (Phi) is 5.01. The number of halogens is 1. The maximum atomic E-state index is 11.4. The molecule has 1 aliphatic rings. The molecule has 1 aliphatic heterocycles. The molecule has 0 spiro atoms. The minimum atomic E-state index is 0.108. The van der Waals surface area contributed by atoms with Gasteiger partial charge in [0.15, 0.2) is 0 Å². The number of nitrogens with zero attached hydrogens (tertiary/aromatic N) is 1. The second-order valence-electron chi connectivity index (χ2n) is 4.28. The molecule has 1 heterocycles. The van der Waals surface area contributed by atoms with Gasteiger partial charge in [0, 0.05) is 24.1 Å². The van der Waals surface area contributed by atoms with Gasteiger partial charge < -0.3 is 10.1 Å². The average Bonchev–Trinajstić information content (AvgIpc) is 2.56. The summed E-state index contributed by atoms with van der Waals surface area (Å²) in [6, 6.07) is 7.77. The van der Waals surface area contributed by atoms with Crippen molar-refractivity contribution in [2.45, 2.75) is 6.42 Å². The van der Waals surface area contributed by atoms with E-state index in [4.69, 9.17) is 4.74 Å². The molecule has 2 rings (SSSR count). The highest BCUT2D eigenvalue weighted by Gasteiger charge is 2.13. The zero-order valence-corrected chi connectivity index (χ0v) is 11.8. The molecule has 1 fully saturated rings. The molecule has 4 nitrogen and oxygen atoms in total. The Morgan fingerprint density at radius 1 is 1.33 bits per heavy atom. The maximum absolute atomic E-state index is 11.4. The van der Waals surface area contributed by atoms with Crippen LogP contribution in [-0.4, -0.2) is 43.6 Å². The van der Waals surface area contributed by atoms with Crippen molar-refractivity contribution in [3.8, 4) is 5.75 Å². The number of rotatable bonds is 4. The molecule has 1 aromatic rings. The zero-order chi connectivity index (χ0) is 12.8. The molecule has 5 heteroatoms. The van der Waals surface area contributed by atoms with Gasteiger partial charge in [-0.2, -0.15) is 0 Å². The van der Waals surface area contributed by atoms with E-state index in [1.807, 2.05) is 24.3 Å². The Morgan fingerprint density at radius 3 is 2.89 bits per heavy atom. The van der Waals surface area contributed by atoms with Gasteiger partial charge in [0.2, 0.25) is 5.91 Å². The first-order valence-electron chi connectivity index (χ1n) is 6.11. The predicted molar refractivity (Wildman–Crippen MR) is 73.7 cm³/mol. The van der Waals surface area contributed by atoms with Crippen LogP contribution in [0.3, 0.4) is 0 Å². The highest BCUT2D eigenvalue weighted by molar-refractivity contribution is 9.10. The van der Waals surface area contributed by atoms with Gasteiger partial charge in [0.05, 0.1) is 6.54 Å². The summed E-state index contributed by atoms with van der Waals surface area (Å²) in [4.78, 5) is 13.5. The van der Waals surface area contributed by atoms with Gasteiger partial charge >= 0.3 is 0 Å². The van der Waals surface area contributed by atoms with E-state index in [-0.39, 0.29) is 5.91 Å². The largest absolute Gasteiger partial charge is 0.492 e. The number of amides is 1. The van der Waals surface area contributed by atoms with Crippen molar-refractivity contribution in [1.82, 2.24) is 10.2 Å². The van der Waals surface area contributed by atoms with Crippen molar-refractivity contribution in [2.24, 2.45) is 0 Å². The molecule has 98 valence electrons. The van der Waals surface area contributed by atoms with E-state index in [1.54, 1.807) is 0 Å². The summed E-state index contributed by atoms with van der Waals surface area (Å²) in [7, 11) is 0. The van der Waals surface area contributed by atoms with Crippen LogP contribution < -0.4 is 10.1 Å². The summed E-state index contributed by atoms with van der Waals surface area (Å²) in [5.41, 5.74) is 0. The van der Waals surface area contributed by atoms with Gasteiger partial charge in [-0.3, -0.25) is 9.69 Å². The van der Waals surface area contributed by atoms with E-state index in [2.05, 4.69) is 26.1 Å². The Bertz CT molecular complexity index is 394. The molecule has 0 unspecified atom stereocenters. The Labute approximate surface area is 115 Å². The third-order valence-electron chi connectivity index (χ3n) is 2.83. The quantitative estimate of drug-likeness (QED) is 0.919. The van der Waals surface area contributed by atoms with Gasteiger partial charge in [-0.25, -0.2) is 0 Å². The second kappa shape index (κ2) is 6.75. The molecular weight excluding hydrogens is 296 g/mol. The van der Waals surface area contributed by atoms with Crippen LogP contribution in [0.15, 0.2) is 28.7 Å². The number of carbonyl (C=O) groups excluding carboxylic acids is 1. The number of carbonyl (C=O) groups is 1. The van der Waals surface area contributed by atoms with Crippen LogP contribution in [0.4, 0.5) is 0 Å². The summed E-state index contributed by atoms with van der Waals surface area (Å²) in [5, 5.41) is 2.86. The van der Waals surface area contributed by atoms with E-state index in [0.29, 0.717) is 13.2 Å². The lowest BCUT2D eigenvalue weighted by Crippen LogP contribution is -2.35. The first kappa shape index (κ1) is 13.4. The normalized spacial score (nSPS) is 17.1. The summed E-state index contributed by atoms with van der Waals surface area (Å²) < 4.78 is 6.69. The van der Waals surface area contributed by atoms with Gasteiger partial charge in [-0.15, -0.1) is 0 Å². The fourth-order valence-electron chi connectivity index (χ4n) is 1.88. The lowest BCUT2D eigenvalue weighted by molar-refractivity contribution is -0.121. The molecule has 0 atom stereocenters. The maximum Gasteiger partial charge on any atom is 0.234 e. The topological polar surface area (TPSA) is 41.6 Å². The van der Waals surface area contributed by atoms with Crippen molar-refractivity contribution in [3.63, 3.8) is 0 Å². The van der Waals surface area contributed by atoms with Crippen molar-refractivity contribution < 1.29 is 9.53 Å². The van der Waals surface area contributed by atoms with Crippen LogP contribution in [0, 0.1) is 0 Å². The van der Waals surface area contributed by atoms with Gasteiger partial charge in [-0.1, -0.05) is 15.9 Å². The van der Waals surface area contributed by atoms with E-state index in [0.717, 1.165) is 36.3 Å². The fourth-order valence-corrected chi connectivity index (χ4v) is 2.15. The predicted octanol–water partition coefficient (Wildman–Crippen LogP) is 1.65. The van der Waals surface area contributed by atoms with Crippen LogP contribution in [0.5, 0.6) is 5.75 Å². The summed E-state index contributed by atoms with van der Waals surface area (Å²) in [5.74, 6) is 0.966. The lowest BCUT2D eigenvalue weighted by atomic mass is 10.3. The number of hydrogen-bond acceptors (Lipinski definition) is 3. The standard InChI is InChI=1S/C13H17BrN2O2/c14-11-2-4-12(5-3-11)18-9-8-16-7-1-6-15-13(17)10-16/h2-5H,1,6-10H2,(H,15,17). The van der Waals surface area contributed by atoms with Crippen LogP contribution in [0.25, 0.3) is 0 Å². The molecule has 1 aromatic carbocycles. The lowest BCUT2D eigenvalue weighted by Gasteiger charge is -2.18. The summed E-state index contributed by atoms with van der Waals surface area (Å²) in [6.07, 6.45) is 1.00. The van der Waals surface area contributed by atoms with Crippen molar-refractivity contribution in [2.75, 3.05) is 32.8 Å². The Morgan fingerprint density at radius 2 is 2.11 bits per heavy atom. The van der Waals surface area contributed by atoms with Crippen LogP contribution >= 0.6 is 15.9 Å². The van der Waals surface area contributed by atoms with Crippen LogP contribution in [0.2, 0.25) is 0 Å². The molecule has 1 N–H and O–H groups in total. The van der Waals surface area contributed by atoms with E-state index in [9.17, 15) is 4.79 Å². The van der Waals surface area contributed by atoms with Crippen LogP contribution in [-0.2, 0) is 4.79 Å². The fraction of sp³-hybridized carbons (Fsp3) is 0.462. The van der Waals surface area contributed by atoms with Crippen molar-refractivity contribution in [3.05, 3.63) is 28.7 Å². The smallest absolute Gasteiger partial charge is 0.234 e. The molecule has 0 radical (unpaired) electrons. The first-order valence-corrected chi connectivity index (χ1v) is 6.91. The van der Waals surface area contributed by atoms with Crippen molar-refractivity contribution in [1.29, 1.82) is 0 Å². The van der Waals surface area contributed by atoms with Gasteiger partial charge in [0.1, 0.15) is 12.4 Å². The third-order valence-corrected chi connectivity index (χ3v) is 3.36. The Balaban J connectivity index is 1.74. The second-order valence-corrected chi connectivity index (χ2v) is 5.20. The highest BCUT2D eigenvalue weighted by Crippen LogP contribution is 2.15. The average molecular weight is 313 g/mol. The molecule has 1 amide bonds. The third kappa shape index (κ3) is 4.31. The molecule has 18 heavy (non-hydrogen) atoms. The van der Waals surface area contributed by atoms with E-state index >= 15 is 0 Å². The van der Waals surface area contributed by atoms with Crippen molar-refractivity contribution >= 4 is 21.8 Å². The summed E-state index contributed by atoms with van der Waals surface area (Å²) >= 11 is 3.38. The number of benzene rings is 1. The first-order chi connectivity index (χ1) is 8.74. The molecular formula is C13H17BrN2O2. The van der Waals surface area contributed by atoms with E-state index < -0.39 is 0 Å². The van der Waals surface area contributed by atoms with Gasteiger partial charge in [0.25, 0.3) is 0 Å². The molecule has 0 aliphatic carbocycles. The minimum absolute atomic E-state index is 0.108. The van der Waals surface area contributed by atoms with E-state index in [1.165, 1.54) is 0 Å². The molecule has 0 aromatic heterocycles. The molecule has 1 saturated heterocycles. The van der Waals surface area contributed by atoms with Crippen LogP contribution in [0.1, 0.15) is 6.42 Å². The minimum Gasteiger partial charge on any atom is -0.492 e. The monoisotopic (exact) mass is 312 g/mol. The summed E-state index contributed by atoms with van der Waals surface area (Å²) in [6.45, 7) is 3.59. The molecule has 0 bridgehead atoms. The highest BCUT2D eigenvalue weighted by atomic mass is 79.9.